The van der Waals surface area contributed by atoms with Crippen LogP contribution < -0.4 is 0 Å². The maximum atomic E-state index is 16.8. The number of aliphatic hydroxyl groups is 1. The highest BCUT2D eigenvalue weighted by atomic mass is 19.1. The first-order valence-electron chi connectivity index (χ1n) is 20.7. The van der Waals surface area contributed by atoms with Crippen molar-refractivity contribution in [3.05, 3.63) is 37.1 Å². The summed E-state index contributed by atoms with van der Waals surface area (Å²) in [6, 6.07) is 2.93. The zero-order chi connectivity index (χ0) is 42.0. The van der Waals surface area contributed by atoms with E-state index in [0.29, 0.717) is 25.8 Å². The Morgan fingerprint density at radius 2 is 1.72 bits per heavy atom. The van der Waals surface area contributed by atoms with Crippen molar-refractivity contribution in [3.63, 3.8) is 0 Å². The number of carbonyl (C=O) groups excluding carboxylic acids is 4. The molecule has 5 rings (SSSR count). The summed E-state index contributed by atoms with van der Waals surface area (Å²) < 4.78 is 43.4. The minimum Gasteiger partial charge on any atom is -0.455 e. The van der Waals surface area contributed by atoms with Crippen molar-refractivity contribution in [3.8, 4) is 11.3 Å². The third-order valence-electron chi connectivity index (χ3n) is 12.7. The molecule has 0 aliphatic carbocycles. The Morgan fingerprint density at radius 1 is 1.02 bits per heavy atom. The number of cyclic esters (lactones) is 1. The number of pyridine rings is 1. The molecule has 3 fully saturated rings. The monoisotopic (exact) mass is 798 g/mol. The van der Waals surface area contributed by atoms with Gasteiger partial charge in [0.2, 0.25) is 0 Å². The Kier molecular flexibility index (Phi) is 13.7. The molecule has 5 heterocycles. The van der Waals surface area contributed by atoms with E-state index in [0.717, 1.165) is 18.2 Å². The van der Waals surface area contributed by atoms with Crippen molar-refractivity contribution in [2.24, 2.45) is 29.1 Å². The lowest BCUT2D eigenvalue weighted by atomic mass is 9.68. The highest BCUT2D eigenvalue weighted by Crippen LogP contribution is 2.46. The number of amides is 1. The van der Waals surface area contributed by atoms with Crippen molar-refractivity contribution >= 4 is 23.6 Å². The molecule has 57 heavy (non-hydrogen) atoms. The van der Waals surface area contributed by atoms with E-state index in [1.54, 1.807) is 44.4 Å². The number of aliphatic hydroxyl groups excluding tert-OH is 1. The molecule has 0 spiro atoms. The van der Waals surface area contributed by atoms with Gasteiger partial charge in [0.1, 0.15) is 18.0 Å². The van der Waals surface area contributed by atoms with Crippen LogP contribution in [0.25, 0.3) is 11.3 Å². The first-order valence-corrected chi connectivity index (χ1v) is 20.7. The molecule has 14 heteroatoms. The van der Waals surface area contributed by atoms with E-state index in [-0.39, 0.29) is 43.6 Å². The van der Waals surface area contributed by atoms with Crippen molar-refractivity contribution in [1.82, 2.24) is 19.4 Å². The molecule has 2 aromatic heterocycles. The average molecular weight is 799 g/mol. The Bertz CT molecular complexity index is 1740. The summed E-state index contributed by atoms with van der Waals surface area (Å²) in [7, 11) is 0. The van der Waals surface area contributed by atoms with Gasteiger partial charge >= 0.3 is 12.1 Å². The summed E-state index contributed by atoms with van der Waals surface area (Å²) in [6.45, 7) is 17.8. The fourth-order valence-corrected chi connectivity index (χ4v) is 9.65. The molecule has 2 aromatic rings. The number of fused-ring (bicyclic) bond motifs is 1. The van der Waals surface area contributed by atoms with Crippen LogP contribution in [0, 0.1) is 29.1 Å². The Labute approximate surface area is 336 Å². The smallest absolute Gasteiger partial charge is 0.410 e. The predicted molar refractivity (Wildman–Crippen MR) is 209 cm³/mol. The van der Waals surface area contributed by atoms with E-state index < -0.39 is 82.9 Å². The molecule has 0 bridgehead atoms. The summed E-state index contributed by atoms with van der Waals surface area (Å²) in [4.78, 5) is 66.9. The maximum Gasteiger partial charge on any atom is 0.410 e. The largest absolute Gasteiger partial charge is 0.455 e. The number of hydrogen-bond donors (Lipinski definition) is 1. The van der Waals surface area contributed by atoms with E-state index in [4.69, 9.17) is 18.9 Å². The lowest BCUT2D eigenvalue weighted by Gasteiger charge is -2.46. The van der Waals surface area contributed by atoms with Crippen LogP contribution in [0.1, 0.15) is 108 Å². The van der Waals surface area contributed by atoms with Crippen LogP contribution in [-0.2, 0) is 39.9 Å². The number of ether oxygens (including phenoxy) is 4. The van der Waals surface area contributed by atoms with Gasteiger partial charge in [-0.3, -0.25) is 14.6 Å². The first kappa shape index (κ1) is 44.4. The number of carbonyl (C=O) groups is 4. The van der Waals surface area contributed by atoms with Gasteiger partial charge in [-0.05, 0) is 75.8 Å². The number of hydrogen-bond acceptors (Lipinski definition) is 11. The second kappa shape index (κ2) is 17.6. The number of halogens is 1. The number of esters is 1. The highest BCUT2D eigenvalue weighted by molar-refractivity contribution is 6.07. The summed E-state index contributed by atoms with van der Waals surface area (Å²) in [5, 5.41) is 11.1. The average Bonchev–Trinajstić information content (AvgIpc) is 3.76. The van der Waals surface area contributed by atoms with Gasteiger partial charge in [0.05, 0.1) is 30.3 Å². The molecule has 1 amide bonds. The van der Waals surface area contributed by atoms with Gasteiger partial charge in [-0.15, -0.1) is 0 Å². The number of ketones is 2. The zero-order valence-corrected chi connectivity index (χ0v) is 35.3. The number of nitrogens with zero attached hydrogens (tertiary/aromatic N) is 4. The van der Waals surface area contributed by atoms with E-state index in [1.165, 1.54) is 6.92 Å². The lowest BCUT2D eigenvalue weighted by molar-refractivity contribution is -0.284. The summed E-state index contributed by atoms with van der Waals surface area (Å²) in [6.07, 6.45) is 4.21. The van der Waals surface area contributed by atoms with E-state index >= 15 is 4.39 Å². The number of Topliss-reactive ketones (excluding diaryl/α,β-unsaturated/α-hetero) is 2. The first-order chi connectivity index (χ1) is 26.8. The number of alkyl halides is 1. The van der Waals surface area contributed by atoms with E-state index in [9.17, 15) is 24.3 Å². The third-order valence-corrected chi connectivity index (χ3v) is 12.7. The SMILES string of the molecule is CC[C@H]1OC(=O)[C@@](C)(F)C(=O)[C@H](C)[C@@H](OC2O[C@H](C)C[C@H](C)[C@H]2O)C(C)(C)C[C@@H](C)C(=O)[C@H](C)[C@H]2N(CCCCn3cnc(-c4cccnc4)c3)C(=O)O[C@]12CC. The fourth-order valence-electron chi connectivity index (χ4n) is 9.65. The predicted octanol–water partition coefficient (Wildman–Crippen LogP) is 6.74. The molecule has 13 nitrogen and oxygen atoms in total. The standard InChI is InChI=1S/C43H63FN4O9/c1-11-32-43(12-2)35(48(40(53)57-43)19-14-13-18-47-23-31(46-24-47)30-16-15-17-45-22-30)28(6)33(49)26(4)21-41(8,9)37(29(7)36(51)42(10,44)39(52)55-32)56-38-34(50)25(3)20-27(5)54-38/h15-17,22-29,32,34-35,37-38,50H,11-14,18-21H2,1-10H3/t25-,26+,27+,28-,29-,32+,34+,35+,37+,38?,42-,43+/m0/s1. The van der Waals surface area contributed by atoms with Crippen LogP contribution in [0.3, 0.4) is 0 Å². The topological polar surface area (TPSA) is 159 Å². The fraction of sp³-hybridized carbons (Fsp3) is 0.721. The van der Waals surface area contributed by atoms with Gasteiger partial charge in [0.25, 0.3) is 5.67 Å². The van der Waals surface area contributed by atoms with Crippen LogP contribution in [0.5, 0.6) is 0 Å². The second-order valence-electron chi connectivity index (χ2n) is 17.6. The molecule has 0 radical (unpaired) electrons. The summed E-state index contributed by atoms with van der Waals surface area (Å²) >= 11 is 0. The molecular formula is C43H63FN4O9. The molecule has 316 valence electrons. The van der Waals surface area contributed by atoms with Crippen LogP contribution in [0.15, 0.2) is 37.1 Å². The van der Waals surface area contributed by atoms with E-state index in [2.05, 4.69) is 9.97 Å². The Balaban J connectivity index is 1.46. The number of aromatic nitrogens is 3. The van der Waals surface area contributed by atoms with Crippen molar-refractivity contribution < 1.29 is 47.6 Å². The van der Waals surface area contributed by atoms with Gasteiger partial charge in [-0.1, -0.05) is 55.4 Å². The molecule has 3 aliphatic heterocycles. The van der Waals surface area contributed by atoms with Crippen LogP contribution >= 0.6 is 0 Å². The van der Waals surface area contributed by atoms with Crippen molar-refractivity contribution in [2.75, 3.05) is 6.54 Å². The maximum absolute atomic E-state index is 16.8. The summed E-state index contributed by atoms with van der Waals surface area (Å²) in [5.74, 6) is -5.39. The number of unbranched alkanes of at least 4 members (excludes halogenated alkanes) is 1. The third kappa shape index (κ3) is 8.97. The minimum absolute atomic E-state index is 0.124. The Morgan fingerprint density at radius 3 is 2.37 bits per heavy atom. The van der Waals surface area contributed by atoms with Crippen molar-refractivity contribution in [2.45, 2.75) is 162 Å². The molecule has 12 atom stereocenters. The van der Waals surface area contributed by atoms with E-state index in [1.807, 2.05) is 57.5 Å². The lowest BCUT2D eigenvalue weighted by Crippen LogP contribution is -2.60. The minimum atomic E-state index is -3.11. The second-order valence-corrected chi connectivity index (χ2v) is 17.6. The molecule has 1 N–H and O–H groups in total. The number of imidazole rings is 1. The normalized spacial score (nSPS) is 36.7. The Hall–Kier alpha value is -3.75. The quantitative estimate of drug-likeness (QED) is 0.154. The van der Waals surface area contributed by atoms with Crippen LogP contribution in [0.2, 0.25) is 0 Å². The molecule has 1 unspecified atom stereocenters. The zero-order valence-electron chi connectivity index (χ0n) is 35.3. The number of rotatable bonds is 10. The molecule has 0 saturated carbocycles. The van der Waals surface area contributed by atoms with Crippen molar-refractivity contribution in [1.29, 1.82) is 0 Å². The summed E-state index contributed by atoms with van der Waals surface area (Å²) in [5.41, 5.74) is -3.88. The number of aryl methyl sites for hydroxylation is 1. The molecule has 0 aromatic carbocycles. The van der Waals surface area contributed by atoms with Crippen LogP contribution in [0.4, 0.5) is 9.18 Å². The molecular weight excluding hydrogens is 735 g/mol. The highest BCUT2D eigenvalue weighted by Gasteiger charge is 2.62. The molecule has 3 saturated heterocycles. The van der Waals surface area contributed by atoms with Gasteiger partial charge in [0.15, 0.2) is 17.7 Å². The molecule has 3 aliphatic rings. The van der Waals surface area contributed by atoms with Gasteiger partial charge < -0.3 is 33.5 Å². The van der Waals surface area contributed by atoms with Gasteiger partial charge in [-0.2, -0.15) is 0 Å². The van der Waals surface area contributed by atoms with Crippen LogP contribution in [-0.4, -0.2) is 103 Å². The van der Waals surface area contributed by atoms with Gasteiger partial charge in [0, 0.05) is 55.0 Å². The van der Waals surface area contributed by atoms with Gasteiger partial charge in [-0.25, -0.2) is 19.0 Å².